The number of amidine groups is 1. The molecule has 0 atom stereocenters. The third-order valence-electron chi connectivity index (χ3n) is 4.40. The number of hydrogen-bond donors (Lipinski definition) is 0. The van der Waals surface area contributed by atoms with Gasteiger partial charge in [0.15, 0.2) is 0 Å². The van der Waals surface area contributed by atoms with E-state index in [0.717, 1.165) is 22.2 Å². The van der Waals surface area contributed by atoms with Gasteiger partial charge >= 0.3 is 0 Å². The molecule has 118 valence electrons. The fourth-order valence-corrected chi connectivity index (χ4v) is 3.20. The first-order chi connectivity index (χ1) is 11.8. The lowest BCUT2D eigenvalue weighted by Gasteiger charge is -2.19. The van der Waals surface area contributed by atoms with E-state index in [1.54, 1.807) is 0 Å². The first-order valence-electron chi connectivity index (χ1n) is 8.20. The fourth-order valence-electron chi connectivity index (χ4n) is 3.20. The zero-order valence-corrected chi connectivity index (χ0v) is 13.4. The van der Waals surface area contributed by atoms with Crippen LogP contribution in [-0.4, -0.2) is 29.7 Å². The zero-order chi connectivity index (χ0) is 16.4. The number of benzene rings is 3. The van der Waals surface area contributed by atoms with Crippen LogP contribution in [0, 0.1) is 0 Å². The van der Waals surface area contributed by atoms with Gasteiger partial charge in [-0.25, -0.2) is 0 Å². The maximum Gasteiger partial charge on any atom is 0.259 e. The summed E-state index contributed by atoms with van der Waals surface area (Å²) in [6, 6.07) is 24.1. The highest BCUT2D eigenvalue weighted by Gasteiger charge is 2.25. The molecule has 0 saturated carbocycles. The lowest BCUT2D eigenvalue weighted by molar-refractivity contribution is 0.0858. The summed E-state index contributed by atoms with van der Waals surface area (Å²) in [6.45, 7) is 1.34. The molecule has 3 aromatic rings. The van der Waals surface area contributed by atoms with E-state index in [9.17, 15) is 4.79 Å². The van der Waals surface area contributed by atoms with Crippen LogP contribution >= 0.6 is 0 Å². The molecule has 1 aliphatic heterocycles. The highest BCUT2D eigenvalue weighted by molar-refractivity contribution is 6.13. The van der Waals surface area contributed by atoms with Crippen molar-refractivity contribution in [1.29, 1.82) is 0 Å². The lowest BCUT2D eigenvalue weighted by atomic mass is 10.0. The van der Waals surface area contributed by atoms with Crippen molar-refractivity contribution in [2.45, 2.75) is 6.42 Å². The van der Waals surface area contributed by atoms with E-state index in [1.165, 1.54) is 5.56 Å². The number of fused-ring (bicyclic) bond motifs is 1. The number of carbonyl (C=O) groups is 1. The topological polar surface area (TPSA) is 32.7 Å². The second-order valence-electron chi connectivity index (χ2n) is 5.94. The van der Waals surface area contributed by atoms with Crippen LogP contribution in [-0.2, 0) is 6.42 Å². The Bertz CT molecular complexity index is 910. The molecular formula is C21H18N2O. The van der Waals surface area contributed by atoms with Crippen LogP contribution < -0.4 is 0 Å². The lowest BCUT2D eigenvalue weighted by Crippen LogP contribution is -2.35. The summed E-state index contributed by atoms with van der Waals surface area (Å²) in [5, 5.41) is 2.08. The second kappa shape index (κ2) is 6.28. The van der Waals surface area contributed by atoms with E-state index in [4.69, 9.17) is 0 Å². The van der Waals surface area contributed by atoms with Crippen LogP contribution in [0.15, 0.2) is 77.8 Å². The summed E-state index contributed by atoms with van der Waals surface area (Å²) < 4.78 is 0. The van der Waals surface area contributed by atoms with Crippen LogP contribution in [0.5, 0.6) is 0 Å². The van der Waals surface area contributed by atoms with Crippen molar-refractivity contribution in [1.82, 2.24) is 4.90 Å². The average Bonchev–Trinajstić information content (AvgIpc) is 3.09. The molecule has 3 nitrogen and oxygen atoms in total. The van der Waals surface area contributed by atoms with Gasteiger partial charge in [-0.2, -0.15) is 0 Å². The molecule has 0 N–H and O–H groups in total. The molecule has 1 amide bonds. The minimum absolute atomic E-state index is 0.0407. The third kappa shape index (κ3) is 2.69. The van der Waals surface area contributed by atoms with E-state index >= 15 is 0 Å². The molecule has 0 aromatic heterocycles. The largest absolute Gasteiger partial charge is 0.294 e. The molecule has 3 aromatic carbocycles. The van der Waals surface area contributed by atoms with Gasteiger partial charge in [0, 0.05) is 18.5 Å². The Kier molecular flexibility index (Phi) is 3.83. The predicted molar refractivity (Wildman–Crippen MR) is 97.4 cm³/mol. The molecule has 0 fully saturated rings. The Balaban J connectivity index is 1.65. The normalized spacial score (nSPS) is 14.0. The smallest absolute Gasteiger partial charge is 0.259 e. The van der Waals surface area contributed by atoms with Crippen molar-refractivity contribution in [3.8, 4) is 0 Å². The highest BCUT2D eigenvalue weighted by atomic mass is 16.2. The summed E-state index contributed by atoms with van der Waals surface area (Å²) >= 11 is 0. The third-order valence-corrected chi connectivity index (χ3v) is 4.40. The predicted octanol–water partition coefficient (Wildman–Crippen LogP) is 3.94. The molecule has 24 heavy (non-hydrogen) atoms. The molecular weight excluding hydrogens is 296 g/mol. The molecule has 3 heteroatoms. The maximum atomic E-state index is 13.1. The molecule has 4 rings (SSSR count). The highest BCUT2D eigenvalue weighted by Crippen LogP contribution is 2.21. The van der Waals surface area contributed by atoms with Gasteiger partial charge in [0.1, 0.15) is 5.84 Å². The quantitative estimate of drug-likeness (QED) is 0.721. The molecule has 1 aliphatic rings. The molecule has 0 bridgehead atoms. The van der Waals surface area contributed by atoms with E-state index in [2.05, 4.69) is 17.1 Å². The summed E-state index contributed by atoms with van der Waals surface area (Å²) in [4.78, 5) is 19.5. The van der Waals surface area contributed by atoms with Gasteiger partial charge in [0.05, 0.1) is 6.54 Å². The number of aliphatic imine (C=N–C) groups is 1. The van der Waals surface area contributed by atoms with E-state index in [-0.39, 0.29) is 5.91 Å². The number of rotatable bonds is 3. The monoisotopic (exact) mass is 314 g/mol. The van der Waals surface area contributed by atoms with Crippen molar-refractivity contribution in [3.05, 3.63) is 83.9 Å². The van der Waals surface area contributed by atoms with Gasteiger partial charge in [-0.1, -0.05) is 66.7 Å². The minimum Gasteiger partial charge on any atom is -0.294 e. The maximum absolute atomic E-state index is 13.1. The van der Waals surface area contributed by atoms with Gasteiger partial charge in [-0.3, -0.25) is 14.7 Å². The number of nitrogens with zero attached hydrogens (tertiary/aromatic N) is 2. The standard InChI is InChI=1S/C21H18N2O/c24-21(19-12-6-10-17-9-4-5-11-18(17)19)23-14-13-22-20(23)15-16-7-2-1-3-8-16/h1-12H,13-15H2. The minimum atomic E-state index is 0.0407. The summed E-state index contributed by atoms with van der Waals surface area (Å²) in [5.74, 6) is 0.901. The van der Waals surface area contributed by atoms with Gasteiger partial charge in [-0.05, 0) is 22.4 Å². The van der Waals surface area contributed by atoms with Crippen LogP contribution in [0.25, 0.3) is 10.8 Å². The van der Waals surface area contributed by atoms with Crippen LogP contribution in [0.4, 0.5) is 0 Å². The van der Waals surface area contributed by atoms with Crippen LogP contribution in [0.3, 0.4) is 0 Å². The molecule has 0 saturated heterocycles. The average molecular weight is 314 g/mol. The van der Waals surface area contributed by atoms with Crippen molar-refractivity contribution in [2.24, 2.45) is 4.99 Å². The molecule has 0 aliphatic carbocycles. The fraction of sp³-hybridized carbons (Fsp3) is 0.143. The van der Waals surface area contributed by atoms with Crippen molar-refractivity contribution in [2.75, 3.05) is 13.1 Å². The molecule has 1 heterocycles. The van der Waals surface area contributed by atoms with Crippen molar-refractivity contribution in [3.63, 3.8) is 0 Å². The number of hydrogen-bond acceptors (Lipinski definition) is 2. The SMILES string of the molecule is O=C(c1cccc2ccccc12)N1CCN=C1Cc1ccccc1. The van der Waals surface area contributed by atoms with E-state index in [0.29, 0.717) is 19.5 Å². The van der Waals surface area contributed by atoms with E-state index < -0.39 is 0 Å². The first kappa shape index (κ1) is 14.6. The Morgan fingerprint density at radius 1 is 0.917 bits per heavy atom. The Labute approximate surface area is 141 Å². The van der Waals surface area contributed by atoms with Gasteiger partial charge in [-0.15, -0.1) is 0 Å². The molecule has 0 radical (unpaired) electrons. The van der Waals surface area contributed by atoms with Gasteiger partial charge in [0.2, 0.25) is 0 Å². The molecule has 0 unspecified atom stereocenters. The summed E-state index contributed by atoms with van der Waals surface area (Å²) in [7, 11) is 0. The Morgan fingerprint density at radius 3 is 2.54 bits per heavy atom. The van der Waals surface area contributed by atoms with E-state index in [1.807, 2.05) is 65.6 Å². The number of carbonyl (C=O) groups excluding carboxylic acids is 1. The molecule has 0 spiro atoms. The summed E-state index contributed by atoms with van der Waals surface area (Å²) in [5.41, 5.74) is 1.92. The summed E-state index contributed by atoms with van der Waals surface area (Å²) in [6.07, 6.45) is 0.692. The van der Waals surface area contributed by atoms with Gasteiger partial charge in [0.25, 0.3) is 5.91 Å². The Hall–Kier alpha value is -2.94. The first-order valence-corrected chi connectivity index (χ1v) is 8.20. The van der Waals surface area contributed by atoms with Crippen molar-refractivity contribution < 1.29 is 4.79 Å². The van der Waals surface area contributed by atoms with Gasteiger partial charge < -0.3 is 0 Å². The Morgan fingerprint density at radius 2 is 1.67 bits per heavy atom. The second-order valence-corrected chi connectivity index (χ2v) is 5.94. The van der Waals surface area contributed by atoms with Crippen LogP contribution in [0.2, 0.25) is 0 Å². The zero-order valence-electron chi connectivity index (χ0n) is 13.4. The van der Waals surface area contributed by atoms with Crippen LogP contribution in [0.1, 0.15) is 15.9 Å². The van der Waals surface area contributed by atoms with Crippen molar-refractivity contribution >= 4 is 22.5 Å². The number of amides is 1.